The number of allylic oxidation sites excluding steroid dienone is 16. The van der Waals surface area contributed by atoms with Crippen LogP contribution in [0.5, 0.6) is 0 Å². The van der Waals surface area contributed by atoms with E-state index in [0.717, 1.165) is 109 Å². The van der Waals surface area contributed by atoms with Crippen molar-refractivity contribution < 1.29 is 37.3 Å². The number of carbonyl (C=O) groups is 1. The van der Waals surface area contributed by atoms with Crippen LogP contribution in [0.1, 0.15) is 181 Å². The third-order valence-corrected chi connectivity index (χ3v) is 11.1. The van der Waals surface area contributed by atoms with Gasteiger partial charge < -0.3 is 27.9 Å². The molecule has 0 aliphatic heterocycles. The van der Waals surface area contributed by atoms with Gasteiger partial charge >= 0.3 is 5.97 Å². The molecular formula is C54H94NO7P. The fourth-order valence-electron chi connectivity index (χ4n) is 6.28. The number of rotatable bonds is 45. The van der Waals surface area contributed by atoms with Gasteiger partial charge in [0.1, 0.15) is 19.3 Å². The molecular weight excluding hydrogens is 806 g/mol. The number of esters is 1. The molecule has 63 heavy (non-hydrogen) atoms. The molecule has 9 heteroatoms. The summed E-state index contributed by atoms with van der Waals surface area (Å²) in [6.07, 6.45) is 62.8. The molecule has 2 atom stereocenters. The van der Waals surface area contributed by atoms with E-state index in [4.69, 9.17) is 18.5 Å². The van der Waals surface area contributed by atoms with Crippen molar-refractivity contribution in [2.24, 2.45) is 0 Å². The number of carbonyl (C=O) groups excluding carboxylic acids is 1. The summed E-state index contributed by atoms with van der Waals surface area (Å²) in [5, 5.41) is 0. The van der Waals surface area contributed by atoms with Gasteiger partial charge in [-0.25, -0.2) is 0 Å². The summed E-state index contributed by atoms with van der Waals surface area (Å²) < 4.78 is 34.7. The van der Waals surface area contributed by atoms with E-state index < -0.39 is 13.9 Å². The van der Waals surface area contributed by atoms with E-state index in [-0.39, 0.29) is 32.2 Å². The second-order valence-electron chi connectivity index (χ2n) is 17.4. The van der Waals surface area contributed by atoms with Crippen LogP contribution in [0.2, 0.25) is 0 Å². The van der Waals surface area contributed by atoms with Gasteiger partial charge in [0.2, 0.25) is 0 Å². The summed E-state index contributed by atoms with van der Waals surface area (Å²) in [5.74, 6) is -0.359. The zero-order valence-electron chi connectivity index (χ0n) is 41.0. The van der Waals surface area contributed by atoms with E-state index in [0.29, 0.717) is 17.6 Å². The molecule has 0 N–H and O–H groups in total. The number of nitrogens with zero attached hydrogens (tertiary/aromatic N) is 1. The van der Waals surface area contributed by atoms with E-state index in [1.807, 2.05) is 21.1 Å². The predicted octanol–water partition coefficient (Wildman–Crippen LogP) is 14.8. The Morgan fingerprint density at radius 2 is 0.921 bits per heavy atom. The molecule has 0 spiro atoms. The Labute approximate surface area is 387 Å². The van der Waals surface area contributed by atoms with Crippen LogP contribution in [-0.2, 0) is 27.9 Å². The van der Waals surface area contributed by atoms with Crippen molar-refractivity contribution in [2.45, 2.75) is 187 Å². The Bertz CT molecular complexity index is 1320. The topological polar surface area (TPSA) is 94.1 Å². The fraction of sp³-hybridized carbons (Fsp3) is 0.685. The average molecular weight is 900 g/mol. The molecule has 0 aliphatic rings. The highest BCUT2D eigenvalue weighted by atomic mass is 31.2. The number of likely N-dealkylation sites (N-methyl/N-ethyl adjacent to an activating group) is 1. The Kier molecular flexibility index (Phi) is 44.1. The van der Waals surface area contributed by atoms with Crippen LogP contribution in [0, 0.1) is 0 Å². The van der Waals surface area contributed by atoms with Gasteiger partial charge in [-0.2, -0.15) is 0 Å². The minimum Gasteiger partial charge on any atom is -0.756 e. The number of phosphoric acid groups is 1. The molecule has 0 aromatic heterocycles. The third kappa shape index (κ3) is 50.3. The van der Waals surface area contributed by atoms with Crippen LogP contribution in [0.3, 0.4) is 0 Å². The zero-order valence-corrected chi connectivity index (χ0v) is 41.9. The van der Waals surface area contributed by atoms with E-state index >= 15 is 0 Å². The van der Waals surface area contributed by atoms with E-state index in [1.54, 1.807) is 0 Å². The normalized spacial score (nSPS) is 14.4. The van der Waals surface area contributed by atoms with E-state index in [2.05, 4.69) is 111 Å². The van der Waals surface area contributed by atoms with Crippen LogP contribution in [0.25, 0.3) is 0 Å². The Morgan fingerprint density at radius 3 is 1.38 bits per heavy atom. The first-order valence-electron chi connectivity index (χ1n) is 25.0. The molecule has 8 nitrogen and oxygen atoms in total. The summed E-state index contributed by atoms with van der Waals surface area (Å²) in [7, 11) is 1.31. The molecule has 2 unspecified atom stereocenters. The van der Waals surface area contributed by atoms with Crippen LogP contribution >= 0.6 is 7.82 Å². The first-order chi connectivity index (χ1) is 30.6. The monoisotopic (exact) mass is 900 g/mol. The fourth-order valence-corrected chi connectivity index (χ4v) is 7.01. The molecule has 0 saturated carbocycles. The molecule has 0 amide bonds. The van der Waals surface area contributed by atoms with Crippen molar-refractivity contribution >= 4 is 13.8 Å². The Balaban J connectivity index is 4.28. The maximum atomic E-state index is 12.7. The molecule has 0 rings (SSSR count). The van der Waals surface area contributed by atoms with Gasteiger partial charge in [-0.3, -0.25) is 9.36 Å². The summed E-state index contributed by atoms with van der Waals surface area (Å²) in [4.78, 5) is 25.2. The summed E-state index contributed by atoms with van der Waals surface area (Å²) >= 11 is 0. The van der Waals surface area contributed by atoms with Crippen LogP contribution < -0.4 is 4.89 Å². The van der Waals surface area contributed by atoms with Gasteiger partial charge in [0, 0.05) is 13.0 Å². The Morgan fingerprint density at radius 1 is 0.508 bits per heavy atom. The predicted molar refractivity (Wildman–Crippen MR) is 268 cm³/mol. The van der Waals surface area contributed by atoms with Gasteiger partial charge in [0.15, 0.2) is 0 Å². The van der Waals surface area contributed by atoms with Gasteiger partial charge in [0.25, 0.3) is 7.82 Å². The lowest BCUT2D eigenvalue weighted by Crippen LogP contribution is -2.37. The molecule has 0 aliphatic carbocycles. The van der Waals surface area contributed by atoms with Crippen molar-refractivity contribution in [1.29, 1.82) is 0 Å². The lowest BCUT2D eigenvalue weighted by Gasteiger charge is -2.28. The number of phosphoric ester groups is 1. The number of unbranched alkanes of at least 4 members (excludes halogenated alkanes) is 15. The minimum atomic E-state index is -4.55. The zero-order chi connectivity index (χ0) is 46.2. The molecule has 0 saturated heterocycles. The molecule has 0 heterocycles. The smallest absolute Gasteiger partial charge is 0.306 e. The maximum absolute atomic E-state index is 12.7. The Hall–Kier alpha value is -2.58. The van der Waals surface area contributed by atoms with Crippen LogP contribution in [0.4, 0.5) is 0 Å². The highest BCUT2D eigenvalue weighted by Crippen LogP contribution is 2.38. The van der Waals surface area contributed by atoms with Crippen LogP contribution in [-0.4, -0.2) is 70.7 Å². The molecule has 362 valence electrons. The minimum absolute atomic E-state index is 0.0122. The lowest BCUT2D eigenvalue weighted by molar-refractivity contribution is -0.870. The number of hydrogen-bond donors (Lipinski definition) is 0. The van der Waals surface area contributed by atoms with Crippen molar-refractivity contribution in [3.05, 3.63) is 97.2 Å². The molecule has 0 aromatic carbocycles. The molecule has 0 radical (unpaired) electrons. The van der Waals surface area contributed by atoms with E-state index in [1.165, 1.54) is 51.4 Å². The highest BCUT2D eigenvalue weighted by molar-refractivity contribution is 7.45. The summed E-state index contributed by atoms with van der Waals surface area (Å²) in [6, 6.07) is 0. The standard InChI is InChI=1S/C54H94NO7P/c1-6-8-10-12-14-16-18-20-22-24-26-28-29-31-33-35-37-39-41-43-45-47-54(56)62-53(52-61-63(57,58)60-50-48-55(3,4)5)51-59-49-46-44-42-40-38-36-34-32-30-27-25-23-21-19-17-15-13-11-9-7-2/h9,11,15,17-18,20-21,23-24,26-27,29-31,34,36,53H,6-8,10,12-14,16,19,22,25,28,32-33,35,37-52H2,1-5H3/b11-9-,17-15-,20-18-,23-21-,26-24-,30-27-,31-29-,36-34-. The first kappa shape index (κ1) is 60.4. The molecule has 0 aromatic rings. The van der Waals surface area contributed by atoms with Crippen LogP contribution in [0.15, 0.2) is 97.2 Å². The third-order valence-electron chi connectivity index (χ3n) is 10.1. The van der Waals surface area contributed by atoms with Gasteiger partial charge in [0.05, 0.1) is 34.4 Å². The van der Waals surface area contributed by atoms with E-state index in [9.17, 15) is 14.3 Å². The number of quaternary nitrogens is 1. The summed E-state index contributed by atoms with van der Waals surface area (Å²) in [5.41, 5.74) is 0. The second-order valence-corrected chi connectivity index (χ2v) is 18.8. The number of hydrogen-bond acceptors (Lipinski definition) is 7. The maximum Gasteiger partial charge on any atom is 0.306 e. The largest absolute Gasteiger partial charge is 0.756 e. The van der Waals surface area contributed by atoms with Crippen molar-refractivity contribution in [3.8, 4) is 0 Å². The summed E-state index contributed by atoms with van der Waals surface area (Å²) in [6.45, 7) is 5.19. The van der Waals surface area contributed by atoms with Gasteiger partial charge in [-0.15, -0.1) is 0 Å². The van der Waals surface area contributed by atoms with Crippen molar-refractivity contribution in [3.63, 3.8) is 0 Å². The van der Waals surface area contributed by atoms with Gasteiger partial charge in [-0.05, 0) is 96.3 Å². The molecule has 0 fully saturated rings. The quantitative estimate of drug-likeness (QED) is 0.0197. The van der Waals surface area contributed by atoms with Crippen molar-refractivity contribution in [2.75, 3.05) is 54.1 Å². The van der Waals surface area contributed by atoms with Gasteiger partial charge in [-0.1, -0.05) is 175 Å². The lowest BCUT2D eigenvalue weighted by atomic mass is 10.1. The van der Waals surface area contributed by atoms with Crippen molar-refractivity contribution in [1.82, 2.24) is 0 Å². The molecule has 0 bridgehead atoms. The second kappa shape index (κ2) is 46.0. The highest BCUT2D eigenvalue weighted by Gasteiger charge is 2.20. The number of ether oxygens (including phenoxy) is 2. The SMILES string of the molecule is CC/C=C\C/C=C\C/C=C\C/C=C\C/C=C\CCCCCCOCC(COP(=O)([O-])OCC[N+](C)(C)C)OC(=O)CCCCCCCC/C=C\C/C=C\C/C=C\CCCCCCC. The first-order valence-corrected chi connectivity index (χ1v) is 26.4. The average Bonchev–Trinajstić information content (AvgIpc) is 3.24.